The third kappa shape index (κ3) is 3.97. The van der Waals surface area contributed by atoms with Crippen molar-refractivity contribution in [2.45, 2.75) is 20.3 Å². The maximum absolute atomic E-state index is 12.7. The van der Waals surface area contributed by atoms with Gasteiger partial charge in [0.05, 0.1) is 11.1 Å². The van der Waals surface area contributed by atoms with E-state index in [0.717, 1.165) is 28.6 Å². The zero-order valence-electron chi connectivity index (χ0n) is 14.8. The Hall–Kier alpha value is -2.59. The molecule has 134 valence electrons. The summed E-state index contributed by atoms with van der Waals surface area (Å²) in [6.07, 6.45) is 0.761. The van der Waals surface area contributed by atoms with Crippen molar-refractivity contribution in [1.29, 1.82) is 0 Å². The number of pyridine rings is 1. The molecule has 0 saturated heterocycles. The van der Waals surface area contributed by atoms with Gasteiger partial charge in [0.25, 0.3) is 0 Å². The first-order chi connectivity index (χ1) is 12.6. The first-order valence-corrected chi connectivity index (χ1v) is 8.91. The summed E-state index contributed by atoms with van der Waals surface area (Å²) in [7, 11) is 0. The first-order valence-electron chi connectivity index (χ1n) is 8.54. The van der Waals surface area contributed by atoms with Crippen molar-refractivity contribution in [2.75, 3.05) is 13.2 Å². The van der Waals surface area contributed by atoms with Crippen LogP contribution in [0.25, 0.3) is 10.9 Å². The zero-order valence-corrected chi connectivity index (χ0v) is 15.5. The summed E-state index contributed by atoms with van der Waals surface area (Å²) in [4.78, 5) is 17.3. The van der Waals surface area contributed by atoms with E-state index in [9.17, 15) is 4.79 Å². The van der Waals surface area contributed by atoms with Crippen molar-refractivity contribution in [2.24, 2.45) is 0 Å². The molecule has 0 saturated carbocycles. The number of benzene rings is 2. The summed E-state index contributed by atoms with van der Waals surface area (Å²) in [5.41, 5.74) is 3.17. The Morgan fingerprint density at radius 3 is 2.54 bits per heavy atom. The lowest BCUT2D eigenvalue weighted by atomic mass is 10.0. The Morgan fingerprint density at radius 1 is 1.08 bits per heavy atom. The molecule has 1 heterocycles. The summed E-state index contributed by atoms with van der Waals surface area (Å²) in [5.74, 6) is 0.333. The molecule has 3 rings (SSSR count). The van der Waals surface area contributed by atoms with Gasteiger partial charge in [0, 0.05) is 16.1 Å². The fourth-order valence-corrected chi connectivity index (χ4v) is 2.99. The van der Waals surface area contributed by atoms with Gasteiger partial charge in [-0.1, -0.05) is 36.7 Å². The van der Waals surface area contributed by atoms with E-state index in [-0.39, 0.29) is 19.2 Å². The highest BCUT2D eigenvalue weighted by Gasteiger charge is 2.18. The molecule has 0 N–H and O–H groups in total. The van der Waals surface area contributed by atoms with Crippen LogP contribution in [-0.2, 0) is 11.2 Å². The molecular formula is C21H20ClNO3. The molecule has 0 aliphatic heterocycles. The van der Waals surface area contributed by atoms with Crippen molar-refractivity contribution in [3.05, 3.63) is 70.4 Å². The highest BCUT2D eigenvalue weighted by molar-refractivity contribution is 6.30. The van der Waals surface area contributed by atoms with Crippen LogP contribution in [0, 0.1) is 6.92 Å². The fourth-order valence-electron chi connectivity index (χ4n) is 2.86. The Morgan fingerprint density at radius 2 is 1.81 bits per heavy atom. The van der Waals surface area contributed by atoms with Gasteiger partial charge in [0.15, 0.2) is 0 Å². The van der Waals surface area contributed by atoms with E-state index in [4.69, 9.17) is 21.1 Å². The van der Waals surface area contributed by atoms with Crippen LogP contribution in [0.1, 0.15) is 28.5 Å². The minimum atomic E-state index is -0.351. The predicted octanol–water partition coefficient (Wildman–Crippen LogP) is 4.99. The molecule has 0 spiro atoms. The number of carbonyl (C=O) groups is 1. The van der Waals surface area contributed by atoms with Gasteiger partial charge in [0.1, 0.15) is 19.0 Å². The summed E-state index contributed by atoms with van der Waals surface area (Å²) < 4.78 is 11.0. The normalized spacial score (nSPS) is 10.7. The number of ether oxygens (including phenoxy) is 2. The third-order valence-electron chi connectivity index (χ3n) is 4.17. The molecule has 0 bridgehead atoms. The molecule has 0 unspecified atom stereocenters. The number of para-hydroxylation sites is 1. The minimum absolute atomic E-state index is 0.166. The van der Waals surface area contributed by atoms with Crippen LogP contribution in [0.4, 0.5) is 0 Å². The molecule has 3 aromatic rings. The average molecular weight is 370 g/mol. The molecule has 26 heavy (non-hydrogen) atoms. The molecule has 0 amide bonds. The number of fused-ring (bicyclic) bond motifs is 1. The average Bonchev–Trinajstić information content (AvgIpc) is 2.66. The number of hydrogen-bond acceptors (Lipinski definition) is 4. The van der Waals surface area contributed by atoms with Gasteiger partial charge in [-0.2, -0.15) is 0 Å². The third-order valence-corrected chi connectivity index (χ3v) is 4.43. The number of halogens is 1. The van der Waals surface area contributed by atoms with Crippen molar-refractivity contribution in [1.82, 2.24) is 4.98 Å². The minimum Gasteiger partial charge on any atom is -0.490 e. The van der Waals surface area contributed by atoms with Crippen molar-refractivity contribution in [3.8, 4) is 5.75 Å². The van der Waals surface area contributed by atoms with Gasteiger partial charge < -0.3 is 9.47 Å². The SMILES string of the molecule is CCc1nc2ccccc2c(C(=O)OCCOc2ccc(Cl)cc2)c1C. The number of esters is 1. The number of carbonyl (C=O) groups excluding carboxylic acids is 1. The van der Waals surface area contributed by atoms with E-state index < -0.39 is 0 Å². The van der Waals surface area contributed by atoms with Crippen LogP contribution >= 0.6 is 11.6 Å². The Balaban J connectivity index is 1.71. The fraction of sp³-hybridized carbons (Fsp3) is 0.238. The number of nitrogens with zero attached hydrogens (tertiary/aromatic N) is 1. The van der Waals surface area contributed by atoms with Crippen LogP contribution in [-0.4, -0.2) is 24.2 Å². The van der Waals surface area contributed by atoms with Crippen LogP contribution in [0.15, 0.2) is 48.5 Å². The molecule has 4 nitrogen and oxygen atoms in total. The first kappa shape index (κ1) is 18.2. The zero-order chi connectivity index (χ0) is 18.5. The standard InChI is InChI=1S/C21H20ClNO3/c1-3-18-14(2)20(17-6-4-5-7-19(17)23-18)21(24)26-13-12-25-16-10-8-15(22)9-11-16/h4-11H,3,12-13H2,1-2H3. The largest absolute Gasteiger partial charge is 0.490 e. The van der Waals surface area contributed by atoms with E-state index in [2.05, 4.69) is 4.98 Å². The summed E-state index contributed by atoms with van der Waals surface area (Å²) >= 11 is 5.84. The molecule has 0 aliphatic carbocycles. The highest BCUT2D eigenvalue weighted by Crippen LogP contribution is 2.24. The van der Waals surface area contributed by atoms with Crippen LogP contribution in [0.3, 0.4) is 0 Å². The van der Waals surface area contributed by atoms with Gasteiger partial charge in [-0.15, -0.1) is 0 Å². The molecular weight excluding hydrogens is 350 g/mol. The molecule has 2 aromatic carbocycles. The van der Waals surface area contributed by atoms with Crippen molar-refractivity contribution in [3.63, 3.8) is 0 Å². The predicted molar refractivity (Wildman–Crippen MR) is 103 cm³/mol. The summed E-state index contributed by atoms with van der Waals surface area (Å²) in [6.45, 7) is 4.38. The van der Waals surface area contributed by atoms with Crippen LogP contribution in [0.5, 0.6) is 5.75 Å². The Labute approximate surface area is 157 Å². The maximum atomic E-state index is 12.7. The summed E-state index contributed by atoms with van der Waals surface area (Å²) in [5, 5.41) is 1.46. The Kier molecular flexibility index (Phi) is 5.74. The van der Waals surface area contributed by atoms with Crippen LogP contribution < -0.4 is 4.74 Å². The topological polar surface area (TPSA) is 48.4 Å². The van der Waals surface area contributed by atoms with Crippen LogP contribution in [0.2, 0.25) is 5.02 Å². The van der Waals surface area contributed by atoms with Gasteiger partial charge in [-0.25, -0.2) is 4.79 Å². The number of hydrogen-bond donors (Lipinski definition) is 0. The Bertz CT molecular complexity index is 922. The van der Waals surface area contributed by atoms with E-state index in [1.807, 2.05) is 38.1 Å². The van der Waals surface area contributed by atoms with Gasteiger partial charge in [0.2, 0.25) is 0 Å². The quantitative estimate of drug-likeness (QED) is 0.453. The smallest absolute Gasteiger partial charge is 0.339 e. The second-order valence-corrected chi connectivity index (χ2v) is 6.30. The molecule has 1 aromatic heterocycles. The van der Waals surface area contributed by atoms with Gasteiger partial charge in [-0.3, -0.25) is 4.98 Å². The summed E-state index contributed by atoms with van der Waals surface area (Å²) in [6, 6.07) is 14.7. The second-order valence-electron chi connectivity index (χ2n) is 5.87. The molecule has 5 heteroatoms. The number of aryl methyl sites for hydroxylation is 1. The van der Waals surface area contributed by atoms with Gasteiger partial charge in [-0.05, 0) is 49.2 Å². The highest BCUT2D eigenvalue weighted by atomic mass is 35.5. The lowest BCUT2D eigenvalue weighted by Crippen LogP contribution is -2.15. The monoisotopic (exact) mass is 369 g/mol. The van der Waals surface area contributed by atoms with E-state index >= 15 is 0 Å². The molecule has 0 radical (unpaired) electrons. The maximum Gasteiger partial charge on any atom is 0.339 e. The molecule has 0 aliphatic rings. The number of rotatable bonds is 6. The van der Waals surface area contributed by atoms with E-state index in [1.54, 1.807) is 24.3 Å². The number of aromatic nitrogens is 1. The molecule has 0 atom stereocenters. The van der Waals surface area contributed by atoms with Gasteiger partial charge >= 0.3 is 5.97 Å². The van der Waals surface area contributed by atoms with E-state index in [1.165, 1.54) is 0 Å². The molecule has 0 fully saturated rings. The van der Waals surface area contributed by atoms with E-state index in [0.29, 0.717) is 16.3 Å². The second kappa shape index (κ2) is 8.19. The van der Waals surface area contributed by atoms with Crippen molar-refractivity contribution >= 4 is 28.5 Å². The lowest BCUT2D eigenvalue weighted by Gasteiger charge is -2.13. The lowest BCUT2D eigenvalue weighted by molar-refractivity contribution is 0.0451. The van der Waals surface area contributed by atoms with Crippen molar-refractivity contribution < 1.29 is 14.3 Å².